The topological polar surface area (TPSA) is 115 Å². The summed E-state index contributed by atoms with van der Waals surface area (Å²) in [6.07, 6.45) is 2.81. The number of carbonyl (C=O) groups excluding carboxylic acids is 2. The van der Waals surface area contributed by atoms with Crippen molar-refractivity contribution in [1.29, 1.82) is 0 Å². The number of fused-ring (bicyclic) bond motifs is 1. The third kappa shape index (κ3) is 4.02. The molecule has 0 saturated heterocycles. The number of H-pyrrole nitrogens is 1. The highest BCUT2D eigenvalue weighted by atomic mass is 16.5. The van der Waals surface area contributed by atoms with Crippen molar-refractivity contribution in [3.8, 4) is 5.75 Å². The number of hydrogen-bond acceptors (Lipinski definition) is 6. The van der Waals surface area contributed by atoms with Crippen LogP contribution >= 0.6 is 0 Å². The third-order valence-corrected chi connectivity index (χ3v) is 5.95. The van der Waals surface area contributed by atoms with Crippen LogP contribution in [0.15, 0.2) is 57.3 Å². The van der Waals surface area contributed by atoms with Gasteiger partial charge in [-0.3, -0.25) is 4.79 Å². The van der Waals surface area contributed by atoms with Crippen molar-refractivity contribution in [2.75, 3.05) is 18.4 Å². The minimum absolute atomic E-state index is 0.0126. The van der Waals surface area contributed by atoms with Gasteiger partial charge in [-0.1, -0.05) is 25.9 Å². The molecule has 2 amide bonds. The molecule has 34 heavy (non-hydrogen) atoms. The number of hydrogen-bond donors (Lipinski definition) is 2. The molecule has 0 aliphatic carbocycles. The quantitative estimate of drug-likeness (QED) is 0.620. The lowest BCUT2D eigenvalue weighted by Crippen LogP contribution is -2.29. The molecule has 0 spiro atoms. The minimum Gasteiger partial charge on any atom is -0.465 e. The Balaban J connectivity index is 1.31. The van der Waals surface area contributed by atoms with Gasteiger partial charge in [-0.25, -0.2) is 14.4 Å². The fourth-order valence-electron chi connectivity index (χ4n) is 4.02. The van der Waals surface area contributed by atoms with Gasteiger partial charge in [0.15, 0.2) is 5.76 Å². The Hall–Kier alpha value is -4.08. The summed E-state index contributed by atoms with van der Waals surface area (Å²) in [5, 5.41) is 9.54. The summed E-state index contributed by atoms with van der Waals surface area (Å²) < 4.78 is 13.1. The highest BCUT2D eigenvalue weighted by molar-refractivity contribution is 5.98. The average Bonchev–Trinajstić information content (AvgIpc) is 3.51. The van der Waals surface area contributed by atoms with Crippen LogP contribution in [0, 0.1) is 0 Å². The lowest BCUT2D eigenvalue weighted by Gasteiger charge is -2.21. The van der Waals surface area contributed by atoms with Crippen LogP contribution in [0.2, 0.25) is 0 Å². The van der Waals surface area contributed by atoms with Crippen LogP contribution in [0.1, 0.15) is 33.5 Å². The van der Waals surface area contributed by atoms with E-state index in [1.54, 1.807) is 30.4 Å². The van der Waals surface area contributed by atoms with E-state index in [0.717, 1.165) is 27.9 Å². The second-order valence-electron chi connectivity index (χ2n) is 9.48. The van der Waals surface area contributed by atoms with E-state index in [4.69, 9.17) is 9.26 Å². The predicted molar refractivity (Wildman–Crippen MR) is 126 cm³/mol. The fourth-order valence-corrected chi connectivity index (χ4v) is 4.02. The number of nitrogens with one attached hydrogen (secondary N) is 3. The van der Waals surface area contributed by atoms with Gasteiger partial charge >= 0.3 is 11.8 Å². The minimum atomic E-state index is -0.503. The summed E-state index contributed by atoms with van der Waals surface area (Å²) in [7, 11) is 0. The SMILES string of the molecule is CC(=O)N1CC2=C(C1)C(Oc1ccc3c(ccn3C(=O)Nc3cc(C(C)(C)C)o[nH+]3)c1)N=CN2. The Kier molecular flexibility index (Phi) is 5.15. The van der Waals surface area contributed by atoms with E-state index >= 15 is 0 Å². The normalized spacial score (nSPS) is 17.6. The van der Waals surface area contributed by atoms with E-state index in [1.165, 1.54) is 4.57 Å². The summed E-state index contributed by atoms with van der Waals surface area (Å²) >= 11 is 0. The molecule has 176 valence electrons. The van der Waals surface area contributed by atoms with Crippen molar-refractivity contribution in [3.05, 3.63) is 53.6 Å². The molecular weight excluding hydrogens is 436 g/mol. The lowest BCUT2D eigenvalue weighted by molar-refractivity contribution is -0.598. The van der Waals surface area contributed by atoms with Gasteiger partial charge in [0.1, 0.15) is 5.75 Å². The first-order valence-corrected chi connectivity index (χ1v) is 11.1. The number of nitrogens with zero attached hydrogens (tertiary/aromatic N) is 3. The van der Waals surface area contributed by atoms with Gasteiger partial charge in [0.05, 0.1) is 24.5 Å². The molecule has 0 radical (unpaired) electrons. The van der Waals surface area contributed by atoms with Crippen LogP contribution in [-0.2, 0) is 10.2 Å². The Morgan fingerprint density at radius 3 is 2.79 bits per heavy atom. The number of anilines is 1. The summed E-state index contributed by atoms with van der Waals surface area (Å²) in [6.45, 7) is 8.66. The summed E-state index contributed by atoms with van der Waals surface area (Å²) in [5.74, 6) is 1.87. The van der Waals surface area contributed by atoms with Crippen LogP contribution in [-0.4, -0.2) is 47.1 Å². The molecule has 0 fully saturated rings. The molecule has 3 N–H and O–H groups in total. The standard InChI is InChI=1S/C24H26N6O4/c1-14(31)29-11-17-18(12-29)25-13-26-22(17)33-16-5-6-19-15(9-16)7-8-30(19)23(32)27-21-10-20(34-28-21)24(2,3)4/h5-10,13,22H,11-12H2,1-4H3,(H,25,26)(H,27,28,32)/p+1. The highest BCUT2D eigenvalue weighted by Crippen LogP contribution is 2.28. The lowest BCUT2D eigenvalue weighted by atomic mass is 9.93. The number of aromatic nitrogens is 2. The van der Waals surface area contributed by atoms with E-state index in [0.29, 0.717) is 24.7 Å². The van der Waals surface area contributed by atoms with Gasteiger partial charge in [0, 0.05) is 41.7 Å². The van der Waals surface area contributed by atoms with E-state index in [-0.39, 0.29) is 17.4 Å². The van der Waals surface area contributed by atoms with Crippen LogP contribution in [0.25, 0.3) is 10.9 Å². The second kappa shape index (κ2) is 8.05. The van der Waals surface area contributed by atoms with Crippen molar-refractivity contribution < 1.29 is 24.0 Å². The number of carbonyl (C=O) groups is 2. The predicted octanol–water partition coefficient (Wildman–Crippen LogP) is 2.88. The van der Waals surface area contributed by atoms with Crippen LogP contribution in [0.3, 0.4) is 0 Å². The number of rotatable bonds is 3. The molecule has 2 aliphatic rings. The maximum absolute atomic E-state index is 12.9. The Labute approximate surface area is 196 Å². The van der Waals surface area contributed by atoms with Crippen LogP contribution < -0.4 is 20.5 Å². The summed E-state index contributed by atoms with van der Waals surface area (Å²) in [5.41, 5.74) is 2.46. The number of aliphatic imine (C=N–C) groups is 1. The molecule has 0 bridgehead atoms. The van der Waals surface area contributed by atoms with Crippen molar-refractivity contribution in [2.24, 2.45) is 4.99 Å². The zero-order valence-electron chi connectivity index (χ0n) is 19.5. The zero-order chi connectivity index (χ0) is 24.0. The number of aromatic amines is 1. The third-order valence-electron chi connectivity index (χ3n) is 5.95. The summed E-state index contributed by atoms with van der Waals surface area (Å²) in [4.78, 5) is 30.8. The molecule has 0 saturated carbocycles. The molecular formula is C24H27N6O4+. The Bertz CT molecular complexity index is 1340. The van der Waals surface area contributed by atoms with Crippen molar-refractivity contribution in [3.63, 3.8) is 0 Å². The van der Waals surface area contributed by atoms with Crippen molar-refractivity contribution in [2.45, 2.75) is 39.3 Å². The largest absolute Gasteiger partial charge is 0.465 e. The van der Waals surface area contributed by atoms with E-state index in [9.17, 15) is 9.59 Å². The molecule has 10 heteroatoms. The molecule has 2 aromatic heterocycles. The first-order chi connectivity index (χ1) is 16.2. The van der Waals surface area contributed by atoms with Gasteiger partial charge in [0.2, 0.25) is 12.1 Å². The van der Waals surface area contributed by atoms with E-state index in [2.05, 4.69) is 20.8 Å². The smallest absolute Gasteiger partial charge is 0.417 e. The second-order valence-corrected chi connectivity index (χ2v) is 9.48. The molecule has 5 rings (SSSR count). The molecule has 1 atom stereocenters. The first kappa shape index (κ1) is 21.7. The molecule has 10 nitrogen and oxygen atoms in total. The number of ether oxygens (including phenoxy) is 1. The summed E-state index contributed by atoms with van der Waals surface area (Å²) in [6, 6.07) is 8.84. The van der Waals surface area contributed by atoms with Gasteiger partial charge in [-0.05, 0) is 24.3 Å². The Morgan fingerprint density at radius 2 is 2.06 bits per heavy atom. The zero-order valence-corrected chi connectivity index (χ0v) is 19.5. The van der Waals surface area contributed by atoms with Crippen molar-refractivity contribution in [1.82, 2.24) is 14.8 Å². The van der Waals surface area contributed by atoms with Gasteiger partial charge < -0.3 is 19.5 Å². The molecule has 1 aromatic carbocycles. The fraction of sp³-hybridized carbons (Fsp3) is 0.333. The number of benzene rings is 1. The highest BCUT2D eigenvalue weighted by Gasteiger charge is 2.32. The molecule has 4 heterocycles. The van der Waals surface area contributed by atoms with Gasteiger partial charge in [0.25, 0.3) is 0 Å². The molecule has 2 aliphatic heterocycles. The molecule has 3 aromatic rings. The maximum Gasteiger partial charge on any atom is 0.417 e. The Morgan fingerprint density at radius 1 is 1.24 bits per heavy atom. The maximum atomic E-state index is 12.9. The average molecular weight is 464 g/mol. The van der Waals surface area contributed by atoms with Crippen LogP contribution in [0.5, 0.6) is 5.75 Å². The number of amides is 2. The van der Waals surface area contributed by atoms with Crippen molar-refractivity contribution >= 4 is 35.0 Å². The van der Waals surface area contributed by atoms with Crippen LogP contribution in [0.4, 0.5) is 10.6 Å². The van der Waals surface area contributed by atoms with E-state index < -0.39 is 6.23 Å². The monoisotopic (exact) mass is 463 g/mol. The van der Waals surface area contributed by atoms with E-state index in [1.807, 2.05) is 45.0 Å². The first-order valence-electron chi connectivity index (χ1n) is 11.1. The van der Waals surface area contributed by atoms with Gasteiger partial charge in [-0.2, -0.15) is 5.32 Å². The molecule has 1 unspecified atom stereocenters. The van der Waals surface area contributed by atoms with Gasteiger partial charge in [-0.15, -0.1) is 0 Å².